The molecule has 28 heavy (non-hydrogen) atoms. The molecule has 1 heterocycles. The van der Waals surface area contributed by atoms with Crippen molar-refractivity contribution in [2.75, 3.05) is 33.4 Å². The van der Waals surface area contributed by atoms with E-state index in [0.29, 0.717) is 31.6 Å². The van der Waals surface area contributed by atoms with Crippen LogP contribution in [0.5, 0.6) is 5.75 Å². The van der Waals surface area contributed by atoms with Gasteiger partial charge in [-0.25, -0.2) is 8.42 Å². The van der Waals surface area contributed by atoms with Gasteiger partial charge < -0.3 is 14.6 Å². The quantitative estimate of drug-likeness (QED) is 0.630. The van der Waals surface area contributed by atoms with Gasteiger partial charge >= 0.3 is 0 Å². The number of piperidine rings is 1. The van der Waals surface area contributed by atoms with E-state index in [1.807, 2.05) is 24.3 Å². The number of ether oxygens (including phenoxy) is 2. The van der Waals surface area contributed by atoms with Crippen LogP contribution in [0.4, 0.5) is 0 Å². The fourth-order valence-electron chi connectivity index (χ4n) is 3.36. The van der Waals surface area contributed by atoms with E-state index in [1.54, 1.807) is 25.3 Å². The molecular weight excluding hydrogens is 446 g/mol. The molecule has 0 saturated carbocycles. The molecule has 1 unspecified atom stereocenters. The normalized spacial score (nSPS) is 20.8. The molecule has 2 aromatic rings. The first-order chi connectivity index (χ1) is 13.4. The smallest absolute Gasteiger partial charge is 0.246 e. The second-order valence-corrected chi connectivity index (χ2v) is 9.59. The summed E-state index contributed by atoms with van der Waals surface area (Å²) in [6, 6.07) is 13.9. The van der Waals surface area contributed by atoms with Crippen molar-refractivity contribution in [1.82, 2.24) is 4.31 Å². The van der Waals surface area contributed by atoms with Crippen molar-refractivity contribution < 1.29 is 23.0 Å². The molecule has 3 rings (SSSR count). The van der Waals surface area contributed by atoms with E-state index in [9.17, 15) is 13.5 Å². The van der Waals surface area contributed by atoms with Gasteiger partial charge in [0.25, 0.3) is 0 Å². The van der Waals surface area contributed by atoms with Crippen molar-refractivity contribution in [2.45, 2.75) is 23.3 Å². The van der Waals surface area contributed by atoms with Gasteiger partial charge in [-0.1, -0.05) is 40.2 Å². The topological polar surface area (TPSA) is 76.1 Å². The Morgan fingerprint density at radius 3 is 2.57 bits per heavy atom. The molecular formula is C20H24BrNO5S. The second kappa shape index (κ2) is 8.92. The Bertz CT molecular complexity index is 903. The van der Waals surface area contributed by atoms with Gasteiger partial charge in [-0.2, -0.15) is 4.31 Å². The van der Waals surface area contributed by atoms with Crippen molar-refractivity contribution in [2.24, 2.45) is 0 Å². The maximum atomic E-state index is 13.3. The fraction of sp³-hybridized carbons (Fsp3) is 0.400. The standard InChI is InChI=1S/C20H24BrNO5S/c1-26-13-14-27-18-5-2-3-6-19(18)28(24,25)22-12-4-11-20(23,15-22)16-7-9-17(21)10-8-16/h2-3,5-10,23H,4,11-15H2,1H3. The van der Waals surface area contributed by atoms with Gasteiger partial charge in [-0.3, -0.25) is 0 Å². The number of β-amino-alcohol motifs (C(OH)–C–C–N with tert-alkyl or cyclic N) is 1. The van der Waals surface area contributed by atoms with Crippen LogP contribution in [0, 0.1) is 0 Å². The molecule has 1 fully saturated rings. The summed E-state index contributed by atoms with van der Waals surface area (Å²) in [7, 11) is -2.26. The lowest BCUT2D eigenvalue weighted by Crippen LogP contribution is -2.48. The summed E-state index contributed by atoms with van der Waals surface area (Å²) < 4.78 is 39.4. The Kier molecular flexibility index (Phi) is 6.77. The van der Waals surface area contributed by atoms with Gasteiger partial charge in [0.1, 0.15) is 22.9 Å². The number of para-hydroxylation sites is 1. The van der Waals surface area contributed by atoms with Gasteiger partial charge in [0, 0.05) is 24.7 Å². The highest BCUT2D eigenvalue weighted by Gasteiger charge is 2.40. The molecule has 6 nitrogen and oxygen atoms in total. The highest BCUT2D eigenvalue weighted by molar-refractivity contribution is 9.10. The molecule has 2 aromatic carbocycles. The zero-order valence-corrected chi connectivity index (χ0v) is 18.1. The van der Waals surface area contributed by atoms with Gasteiger partial charge in [0.05, 0.1) is 6.61 Å². The summed E-state index contributed by atoms with van der Waals surface area (Å²) in [5, 5.41) is 11.2. The molecule has 152 valence electrons. The van der Waals surface area contributed by atoms with Crippen LogP contribution in [0.15, 0.2) is 57.9 Å². The zero-order valence-electron chi connectivity index (χ0n) is 15.7. The van der Waals surface area contributed by atoms with Crippen LogP contribution in [-0.4, -0.2) is 51.2 Å². The largest absolute Gasteiger partial charge is 0.490 e. The highest BCUT2D eigenvalue weighted by atomic mass is 79.9. The number of hydrogen-bond donors (Lipinski definition) is 1. The number of sulfonamides is 1. The molecule has 0 aromatic heterocycles. The summed E-state index contributed by atoms with van der Waals surface area (Å²) >= 11 is 3.38. The Morgan fingerprint density at radius 1 is 1.14 bits per heavy atom. The molecule has 0 amide bonds. The summed E-state index contributed by atoms with van der Waals surface area (Å²) in [4.78, 5) is 0.103. The Balaban J connectivity index is 1.87. The molecule has 0 spiro atoms. The van der Waals surface area contributed by atoms with Crippen LogP contribution >= 0.6 is 15.9 Å². The minimum atomic E-state index is -3.82. The Hall–Kier alpha value is -1.45. The molecule has 0 aliphatic carbocycles. The number of benzene rings is 2. The van der Waals surface area contributed by atoms with Gasteiger partial charge in [0.15, 0.2) is 0 Å². The maximum absolute atomic E-state index is 13.3. The van der Waals surface area contributed by atoms with Crippen LogP contribution in [0.1, 0.15) is 18.4 Å². The number of halogens is 1. The van der Waals surface area contributed by atoms with Crippen LogP contribution in [-0.2, 0) is 20.4 Å². The van der Waals surface area contributed by atoms with Gasteiger partial charge in [-0.15, -0.1) is 0 Å². The number of methoxy groups -OCH3 is 1. The first kappa shape index (κ1) is 21.3. The van der Waals surface area contributed by atoms with Crippen molar-refractivity contribution in [3.8, 4) is 5.75 Å². The first-order valence-electron chi connectivity index (χ1n) is 9.06. The third kappa shape index (κ3) is 4.58. The SMILES string of the molecule is COCCOc1ccccc1S(=O)(=O)N1CCCC(O)(c2ccc(Br)cc2)C1. The van der Waals surface area contributed by atoms with Crippen LogP contribution in [0.3, 0.4) is 0 Å². The fourth-order valence-corrected chi connectivity index (χ4v) is 5.28. The predicted octanol–water partition coefficient (Wildman–Crippen LogP) is 3.15. The maximum Gasteiger partial charge on any atom is 0.246 e. The average molecular weight is 470 g/mol. The number of hydrogen-bond acceptors (Lipinski definition) is 5. The van der Waals surface area contributed by atoms with E-state index in [4.69, 9.17) is 9.47 Å². The molecule has 8 heteroatoms. The lowest BCUT2D eigenvalue weighted by molar-refractivity contribution is -0.0124. The lowest BCUT2D eigenvalue weighted by Gasteiger charge is -2.39. The van der Waals surface area contributed by atoms with Crippen molar-refractivity contribution in [3.63, 3.8) is 0 Å². The third-order valence-corrected chi connectivity index (χ3v) is 7.24. The summed E-state index contributed by atoms with van der Waals surface area (Å²) in [5.41, 5.74) is -0.516. The van der Waals surface area contributed by atoms with Gasteiger partial charge in [0.2, 0.25) is 10.0 Å². The van der Waals surface area contributed by atoms with E-state index in [2.05, 4.69) is 15.9 Å². The van der Waals surface area contributed by atoms with E-state index >= 15 is 0 Å². The average Bonchev–Trinajstić information content (AvgIpc) is 2.69. The molecule has 1 atom stereocenters. The highest BCUT2D eigenvalue weighted by Crippen LogP contribution is 2.36. The minimum Gasteiger partial charge on any atom is -0.490 e. The van der Waals surface area contributed by atoms with Crippen LogP contribution in [0.2, 0.25) is 0 Å². The molecule has 0 bridgehead atoms. The van der Waals surface area contributed by atoms with Crippen molar-refractivity contribution >= 4 is 26.0 Å². The van der Waals surface area contributed by atoms with Crippen LogP contribution in [0.25, 0.3) is 0 Å². The lowest BCUT2D eigenvalue weighted by atomic mass is 9.87. The zero-order chi connectivity index (χ0) is 20.2. The Labute approximate surface area is 174 Å². The van der Waals surface area contributed by atoms with E-state index in [1.165, 1.54) is 10.4 Å². The second-order valence-electron chi connectivity index (χ2n) is 6.77. The Morgan fingerprint density at radius 2 is 1.86 bits per heavy atom. The van der Waals surface area contributed by atoms with Gasteiger partial charge in [-0.05, 0) is 42.7 Å². The number of rotatable bonds is 7. The molecule has 1 aliphatic heterocycles. The van der Waals surface area contributed by atoms with E-state index < -0.39 is 15.6 Å². The monoisotopic (exact) mass is 469 g/mol. The summed E-state index contributed by atoms with van der Waals surface area (Å²) in [6.07, 6.45) is 1.07. The minimum absolute atomic E-state index is 0.00334. The number of nitrogens with zero attached hydrogens (tertiary/aromatic N) is 1. The summed E-state index contributed by atoms with van der Waals surface area (Å²) in [5.74, 6) is 0.289. The molecule has 1 aliphatic rings. The van der Waals surface area contributed by atoms with E-state index in [-0.39, 0.29) is 23.8 Å². The number of aliphatic hydroxyl groups is 1. The van der Waals surface area contributed by atoms with Crippen molar-refractivity contribution in [3.05, 3.63) is 58.6 Å². The predicted molar refractivity (Wildman–Crippen MR) is 110 cm³/mol. The van der Waals surface area contributed by atoms with Crippen molar-refractivity contribution in [1.29, 1.82) is 0 Å². The first-order valence-corrected chi connectivity index (χ1v) is 11.3. The molecule has 0 radical (unpaired) electrons. The molecule has 1 N–H and O–H groups in total. The van der Waals surface area contributed by atoms with Crippen LogP contribution < -0.4 is 4.74 Å². The summed E-state index contributed by atoms with van der Waals surface area (Å²) in [6.45, 7) is 0.976. The molecule has 1 saturated heterocycles. The third-order valence-electron chi connectivity index (χ3n) is 4.83. The van der Waals surface area contributed by atoms with E-state index in [0.717, 1.165) is 4.47 Å².